The Morgan fingerprint density at radius 1 is 1.33 bits per heavy atom. The third-order valence-corrected chi connectivity index (χ3v) is 2.92. The van der Waals surface area contributed by atoms with Crippen LogP contribution in [0.5, 0.6) is 0 Å². The van der Waals surface area contributed by atoms with Gasteiger partial charge in [0.05, 0.1) is 16.9 Å². The molecule has 76 valence electrons. The van der Waals surface area contributed by atoms with Crippen molar-refractivity contribution in [1.82, 2.24) is 5.16 Å². The number of benzene rings is 1. The van der Waals surface area contributed by atoms with E-state index < -0.39 is 0 Å². The van der Waals surface area contributed by atoms with Gasteiger partial charge in [0, 0.05) is 24.1 Å². The Labute approximate surface area is 92.0 Å². The molecule has 0 fully saturated rings. The van der Waals surface area contributed by atoms with Gasteiger partial charge in [-0.05, 0) is 6.07 Å². The van der Waals surface area contributed by atoms with Gasteiger partial charge in [0.25, 0.3) is 0 Å². The van der Waals surface area contributed by atoms with E-state index in [0.29, 0.717) is 0 Å². The number of hydrogen-bond acceptors (Lipinski definition) is 3. The summed E-state index contributed by atoms with van der Waals surface area (Å²) in [6.07, 6.45) is 2.58. The van der Waals surface area contributed by atoms with Crippen LogP contribution in [-0.2, 0) is 6.42 Å². The molecule has 0 saturated carbocycles. The Hall–Kier alpha value is -1.48. The molecular formula is C11H9ClN2O. The topological polar surface area (TPSA) is 38.1 Å². The van der Waals surface area contributed by atoms with Gasteiger partial charge >= 0.3 is 0 Å². The minimum Gasteiger partial charge on any atom is -0.383 e. The molecule has 1 aromatic carbocycles. The van der Waals surface area contributed by atoms with E-state index in [1.165, 1.54) is 0 Å². The van der Waals surface area contributed by atoms with Gasteiger partial charge in [-0.3, -0.25) is 0 Å². The van der Waals surface area contributed by atoms with Crippen LogP contribution in [0.2, 0.25) is 5.02 Å². The molecule has 0 radical (unpaired) electrons. The van der Waals surface area contributed by atoms with Crippen molar-refractivity contribution in [3.05, 3.63) is 35.2 Å². The summed E-state index contributed by atoms with van der Waals surface area (Å²) >= 11 is 6.13. The highest BCUT2D eigenvalue weighted by molar-refractivity contribution is 6.34. The lowest BCUT2D eigenvalue weighted by atomic mass is 10.1. The molecule has 1 aliphatic heterocycles. The predicted octanol–water partition coefficient (Wildman–Crippen LogP) is 2.96. The molecular weight excluding hydrogens is 212 g/mol. The molecule has 0 amide bonds. The Kier molecular flexibility index (Phi) is 1.92. The van der Waals surface area contributed by atoms with Crippen molar-refractivity contribution >= 4 is 17.3 Å². The van der Waals surface area contributed by atoms with E-state index in [4.69, 9.17) is 16.1 Å². The Bertz CT molecular complexity index is 507. The minimum absolute atomic E-state index is 0.738. The maximum Gasteiger partial charge on any atom is 0.146 e. The Morgan fingerprint density at radius 3 is 3.20 bits per heavy atom. The van der Waals surface area contributed by atoms with E-state index in [1.54, 1.807) is 6.20 Å². The predicted molar refractivity (Wildman–Crippen MR) is 59.1 cm³/mol. The van der Waals surface area contributed by atoms with Gasteiger partial charge in [0.15, 0.2) is 0 Å². The van der Waals surface area contributed by atoms with Crippen molar-refractivity contribution in [1.29, 1.82) is 0 Å². The van der Waals surface area contributed by atoms with Crippen LogP contribution >= 0.6 is 11.6 Å². The first kappa shape index (κ1) is 8.80. The highest BCUT2D eigenvalue weighted by Gasteiger charge is 2.18. The summed E-state index contributed by atoms with van der Waals surface area (Å²) in [6, 6.07) is 5.84. The van der Waals surface area contributed by atoms with Crippen LogP contribution in [0.1, 0.15) is 5.76 Å². The number of halogens is 1. The summed E-state index contributed by atoms with van der Waals surface area (Å²) in [5.41, 5.74) is 3.08. The van der Waals surface area contributed by atoms with Crippen LogP contribution in [0.4, 0.5) is 5.69 Å². The van der Waals surface area contributed by atoms with Crippen molar-refractivity contribution in [2.75, 3.05) is 11.9 Å². The first-order valence-corrected chi connectivity index (χ1v) is 5.20. The number of nitrogens with one attached hydrogen (secondary N) is 1. The number of aromatic nitrogens is 1. The Morgan fingerprint density at radius 2 is 2.27 bits per heavy atom. The number of nitrogens with zero attached hydrogens (tertiary/aromatic N) is 1. The molecule has 3 nitrogen and oxygen atoms in total. The largest absolute Gasteiger partial charge is 0.383 e. The van der Waals surface area contributed by atoms with Gasteiger partial charge in [0.2, 0.25) is 0 Å². The summed E-state index contributed by atoms with van der Waals surface area (Å²) < 4.78 is 5.20. The zero-order valence-electron chi connectivity index (χ0n) is 7.96. The monoisotopic (exact) mass is 220 g/mol. The molecule has 0 atom stereocenters. The Balaban J connectivity index is 2.29. The van der Waals surface area contributed by atoms with Crippen molar-refractivity contribution in [3.8, 4) is 11.1 Å². The molecule has 0 spiro atoms. The molecule has 2 aromatic rings. The first-order chi connectivity index (χ1) is 7.36. The average molecular weight is 221 g/mol. The van der Waals surface area contributed by atoms with Gasteiger partial charge in [-0.25, -0.2) is 0 Å². The molecule has 0 bridgehead atoms. The van der Waals surface area contributed by atoms with Crippen LogP contribution in [0.15, 0.2) is 28.9 Å². The molecule has 1 aromatic heterocycles. The molecule has 3 rings (SSSR count). The summed E-state index contributed by atoms with van der Waals surface area (Å²) in [5.74, 6) is 0.920. The fraction of sp³-hybridized carbons (Fsp3) is 0.182. The van der Waals surface area contributed by atoms with Crippen molar-refractivity contribution < 1.29 is 4.52 Å². The lowest BCUT2D eigenvalue weighted by Gasteiger charge is -2.08. The second-order valence-electron chi connectivity index (χ2n) is 3.50. The average Bonchev–Trinajstić information content (AvgIpc) is 2.62. The minimum atomic E-state index is 0.738. The zero-order chi connectivity index (χ0) is 10.3. The number of anilines is 1. The molecule has 0 saturated heterocycles. The van der Waals surface area contributed by atoms with E-state index in [0.717, 1.165) is 40.6 Å². The van der Waals surface area contributed by atoms with E-state index in [9.17, 15) is 0 Å². The smallest absolute Gasteiger partial charge is 0.146 e. The van der Waals surface area contributed by atoms with Crippen molar-refractivity contribution in [2.24, 2.45) is 0 Å². The van der Waals surface area contributed by atoms with E-state index >= 15 is 0 Å². The molecule has 0 unspecified atom stereocenters. The highest BCUT2D eigenvalue weighted by Crippen LogP contribution is 2.37. The van der Waals surface area contributed by atoms with E-state index in [-0.39, 0.29) is 0 Å². The first-order valence-electron chi connectivity index (χ1n) is 4.82. The molecule has 0 aliphatic carbocycles. The van der Waals surface area contributed by atoms with Gasteiger partial charge in [-0.15, -0.1) is 0 Å². The van der Waals surface area contributed by atoms with Crippen LogP contribution < -0.4 is 5.32 Å². The van der Waals surface area contributed by atoms with Crippen LogP contribution in [0.25, 0.3) is 11.1 Å². The van der Waals surface area contributed by atoms with Gasteiger partial charge in [-0.1, -0.05) is 28.9 Å². The van der Waals surface area contributed by atoms with E-state index in [2.05, 4.69) is 10.5 Å². The quantitative estimate of drug-likeness (QED) is 0.742. The summed E-state index contributed by atoms with van der Waals surface area (Å²) in [5, 5.41) is 7.87. The SMILES string of the molecule is Clc1cccc2c1NCCc1oncc1-2. The number of rotatable bonds is 0. The summed E-state index contributed by atoms with van der Waals surface area (Å²) in [7, 11) is 0. The van der Waals surface area contributed by atoms with Gasteiger partial charge in [0.1, 0.15) is 5.76 Å². The maximum absolute atomic E-state index is 6.13. The van der Waals surface area contributed by atoms with Gasteiger partial charge in [-0.2, -0.15) is 0 Å². The van der Waals surface area contributed by atoms with Crippen LogP contribution in [-0.4, -0.2) is 11.7 Å². The summed E-state index contributed by atoms with van der Waals surface area (Å²) in [6.45, 7) is 0.818. The second kappa shape index (κ2) is 3.28. The van der Waals surface area contributed by atoms with Crippen molar-refractivity contribution in [3.63, 3.8) is 0 Å². The molecule has 2 heterocycles. The molecule has 15 heavy (non-hydrogen) atoms. The maximum atomic E-state index is 6.13. The highest BCUT2D eigenvalue weighted by atomic mass is 35.5. The number of fused-ring (bicyclic) bond motifs is 3. The number of hydrogen-bond donors (Lipinski definition) is 1. The van der Waals surface area contributed by atoms with Crippen LogP contribution in [0.3, 0.4) is 0 Å². The van der Waals surface area contributed by atoms with Gasteiger partial charge < -0.3 is 9.84 Å². The third kappa shape index (κ3) is 1.31. The van der Waals surface area contributed by atoms with E-state index in [1.807, 2.05) is 18.2 Å². The lowest BCUT2D eigenvalue weighted by Crippen LogP contribution is -2.02. The number of para-hydroxylation sites is 1. The van der Waals surface area contributed by atoms with Crippen molar-refractivity contribution in [2.45, 2.75) is 6.42 Å². The fourth-order valence-electron chi connectivity index (χ4n) is 1.89. The molecule has 1 N–H and O–H groups in total. The lowest BCUT2D eigenvalue weighted by molar-refractivity contribution is 0.386. The molecule has 1 aliphatic rings. The standard InChI is InChI=1S/C11H9ClN2O/c12-9-3-1-2-7-8-6-14-15-10(8)4-5-13-11(7)9/h1-3,6,13H,4-5H2. The fourth-order valence-corrected chi connectivity index (χ4v) is 2.13. The summed E-state index contributed by atoms with van der Waals surface area (Å²) in [4.78, 5) is 0. The normalized spacial score (nSPS) is 13.7. The third-order valence-electron chi connectivity index (χ3n) is 2.60. The zero-order valence-corrected chi connectivity index (χ0v) is 8.71. The second-order valence-corrected chi connectivity index (χ2v) is 3.91. The molecule has 4 heteroatoms. The van der Waals surface area contributed by atoms with Crippen LogP contribution in [0, 0.1) is 0 Å².